The van der Waals surface area contributed by atoms with Crippen LogP contribution in [0.3, 0.4) is 0 Å². The summed E-state index contributed by atoms with van der Waals surface area (Å²) >= 11 is 3.34. The number of hydrogen-bond acceptors (Lipinski definition) is 5. The van der Waals surface area contributed by atoms with Crippen LogP contribution in [0.15, 0.2) is 89.4 Å². The minimum atomic E-state index is -1.00. The molecular weight excluding hydrogens is 486 g/mol. The van der Waals surface area contributed by atoms with E-state index in [4.69, 9.17) is 9.47 Å². The van der Waals surface area contributed by atoms with Gasteiger partial charge in [-0.15, -0.1) is 0 Å². The van der Waals surface area contributed by atoms with Gasteiger partial charge in [-0.1, -0.05) is 72.8 Å². The summed E-state index contributed by atoms with van der Waals surface area (Å²) in [6, 6.07) is 24.4. The van der Waals surface area contributed by atoms with E-state index in [1.54, 1.807) is 24.3 Å². The van der Waals surface area contributed by atoms with Crippen molar-refractivity contribution in [3.63, 3.8) is 0 Å². The quantitative estimate of drug-likeness (QED) is 0.396. The Bertz CT molecular complexity index is 1070. The number of rotatable bonds is 10. The van der Waals surface area contributed by atoms with E-state index < -0.39 is 23.9 Å². The first kappa shape index (κ1) is 24.2. The number of hydrogen-bond donors (Lipinski definition) is 1. The Morgan fingerprint density at radius 2 is 1.30 bits per heavy atom. The average molecular weight is 510 g/mol. The fraction of sp³-hybridized carbons (Fsp3) is 0.192. The van der Waals surface area contributed by atoms with Gasteiger partial charge >= 0.3 is 11.9 Å². The Morgan fingerprint density at radius 3 is 1.91 bits per heavy atom. The van der Waals surface area contributed by atoms with Gasteiger partial charge in [-0.2, -0.15) is 0 Å². The third-order valence-electron chi connectivity index (χ3n) is 4.81. The lowest BCUT2D eigenvalue weighted by atomic mass is 10.1. The van der Waals surface area contributed by atoms with Gasteiger partial charge in [0.15, 0.2) is 0 Å². The summed E-state index contributed by atoms with van der Waals surface area (Å²) in [5.41, 5.74) is 2.07. The van der Waals surface area contributed by atoms with Crippen molar-refractivity contribution < 1.29 is 23.9 Å². The van der Waals surface area contributed by atoms with E-state index in [1.165, 1.54) is 0 Å². The molecule has 0 aliphatic carbocycles. The van der Waals surface area contributed by atoms with Crippen LogP contribution >= 0.6 is 15.9 Å². The van der Waals surface area contributed by atoms with Crippen molar-refractivity contribution in [1.29, 1.82) is 0 Å². The summed E-state index contributed by atoms with van der Waals surface area (Å²) in [7, 11) is 0. The zero-order valence-electron chi connectivity index (χ0n) is 17.9. The molecule has 0 bridgehead atoms. The lowest BCUT2D eigenvalue weighted by Gasteiger charge is -2.18. The molecule has 3 aromatic carbocycles. The molecule has 0 saturated carbocycles. The second kappa shape index (κ2) is 12.6. The predicted molar refractivity (Wildman–Crippen MR) is 127 cm³/mol. The summed E-state index contributed by atoms with van der Waals surface area (Å²) in [5.74, 6) is -1.52. The highest BCUT2D eigenvalue weighted by Gasteiger charge is 2.25. The summed E-state index contributed by atoms with van der Waals surface area (Å²) in [4.78, 5) is 37.7. The summed E-state index contributed by atoms with van der Waals surface area (Å²) < 4.78 is 11.3. The molecule has 0 aromatic heterocycles. The van der Waals surface area contributed by atoms with E-state index in [9.17, 15) is 14.4 Å². The molecule has 0 aliphatic rings. The Labute approximate surface area is 201 Å². The molecule has 1 atom stereocenters. The SMILES string of the molecule is O=C(CC[C@H](NC(=O)c1ccccc1Br)C(=O)OCc1ccccc1)OCc1ccccc1. The van der Waals surface area contributed by atoms with Gasteiger partial charge in [-0.3, -0.25) is 9.59 Å². The molecule has 0 heterocycles. The monoisotopic (exact) mass is 509 g/mol. The maximum atomic E-state index is 12.8. The molecule has 3 aromatic rings. The molecule has 1 N–H and O–H groups in total. The van der Waals surface area contributed by atoms with Gasteiger partial charge in [0, 0.05) is 10.9 Å². The fourth-order valence-corrected chi connectivity index (χ4v) is 3.50. The molecule has 0 spiro atoms. The number of carbonyl (C=O) groups excluding carboxylic acids is 3. The van der Waals surface area contributed by atoms with Gasteiger partial charge in [-0.05, 0) is 45.6 Å². The van der Waals surface area contributed by atoms with Gasteiger partial charge in [0.25, 0.3) is 5.91 Å². The largest absolute Gasteiger partial charge is 0.461 e. The van der Waals surface area contributed by atoms with Crippen LogP contribution < -0.4 is 5.32 Å². The highest BCUT2D eigenvalue weighted by Crippen LogP contribution is 2.16. The van der Waals surface area contributed by atoms with Crippen LogP contribution in [0.2, 0.25) is 0 Å². The molecule has 0 fully saturated rings. The minimum Gasteiger partial charge on any atom is -0.461 e. The number of esters is 2. The van der Waals surface area contributed by atoms with Crippen molar-refractivity contribution in [2.45, 2.75) is 32.1 Å². The molecule has 1 amide bonds. The first-order chi connectivity index (χ1) is 16.0. The topological polar surface area (TPSA) is 81.7 Å². The van der Waals surface area contributed by atoms with Crippen molar-refractivity contribution in [3.05, 3.63) is 106 Å². The fourth-order valence-electron chi connectivity index (χ4n) is 3.03. The van der Waals surface area contributed by atoms with Gasteiger partial charge in [0.05, 0.1) is 5.56 Å². The van der Waals surface area contributed by atoms with Crippen molar-refractivity contribution >= 4 is 33.8 Å². The number of nitrogens with one attached hydrogen (secondary N) is 1. The Hall–Kier alpha value is -3.45. The Morgan fingerprint density at radius 1 is 0.758 bits per heavy atom. The lowest BCUT2D eigenvalue weighted by molar-refractivity contribution is -0.148. The maximum Gasteiger partial charge on any atom is 0.328 e. The average Bonchev–Trinajstić information content (AvgIpc) is 2.85. The van der Waals surface area contributed by atoms with Gasteiger partial charge in [0.2, 0.25) is 0 Å². The maximum absolute atomic E-state index is 12.8. The number of ether oxygens (including phenoxy) is 2. The van der Waals surface area contributed by atoms with E-state index in [2.05, 4.69) is 21.2 Å². The molecule has 170 valence electrons. The van der Waals surface area contributed by atoms with Crippen molar-refractivity contribution in [1.82, 2.24) is 5.32 Å². The van der Waals surface area contributed by atoms with Crippen LogP contribution in [-0.4, -0.2) is 23.9 Å². The van der Waals surface area contributed by atoms with Crippen molar-refractivity contribution in [3.8, 4) is 0 Å². The number of halogens is 1. The zero-order valence-corrected chi connectivity index (χ0v) is 19.5. The first-order valence-corrected chi connectivity index (χ1v) is 11.3. The Kier molecular flexibility index (Phi) is 9.20. The normalized spacial score (nSPS) is 11.3. The summed E-state index contributed by atoms with van der Waals surface area (Å²) in [6.45, 7) is 0.214. The van der Waals surface area contributed by atoms with Crippen LogP contribution in [0.1, 0.15) is 34.3 Å². The van der Waals surface area contributed by atoms with Crippen LogP contribution in [-0.2, 0) is 32.3 Å². The first-order valence-electron chi connectivity index (χ1n) is 10.5. The second-order valence-corrected chi connectivity index (χ2v) is 8.14. The van der Waals surface area contributed by atoms with Crippen LogP contribution in [0.5, 0.6) is 0 Å². The van der Waals surface area contributed by atoms with Crippen molar-refractivity contribution in [2.24, 2.45) is 0 Å². The van der Waals surface area contributed by atoms with E-state index in [1.807, 2.05) is 60.7 Å². The number of carbonyl (C=O) groups is 3. The van der Waals surface area contributed by atoms with Gasteiger partial charge in [0.1, 0.15) is 19.3 Å². The molecule has 0 saturated heterocycles. The molecule has 7 heteroatoms. The van der Waals surface area contributed by atoms with E-state index in [0.29, 0.717) is 10.0 Å². The molecule has 6 nitrogen and oxygen atoms in total. The highest BCUT2D eigenvalue weighted by atomic mass is 79.9. The molecular formula is C26H24BrNO5. The zero-order chi connectivity index (χ0) is 23.5. The molecule has 3 rings (SSSR count). The Balaban J connectivity index is 1.61. The van der Waals surface area contributed by atoms with Crippen LogP contribution in [0.25, 0.3) is 0 Å². The van der Waals surface area contributed by atoms with Gasteiger partial charge in [-0.25, -0.2) is 4.79 Å². The molecule has 0 radical (unpaired) electrons. The van der Waals surface area contributed by atoms with E-state index in [-0.39, 0.29) is 26.1 Å². The standard InChI is InChI=1S/C26H24BrNO5/c27-22-14-8-7-13-21(22)25(30)28-23(26(31)33-18-20-11-5-2-6-12-20)15-16-24(29)32-17-19-9-3-1-4-10-19/h1-14,23H,15-18H2,(H,28,30)/t23-/m0/s1. The predicted octanol–water partition coefficient (Wildman–Crippen LogP) is 4.81. The van der Waals surface area contributed by atoms with Crippen molar-refractivity contribution in [2.75, 3.05) is 0 Å². The lowest BCUT2D eigenvalue weighted by Crippen LogP contribution is -2.42. The number of benzene rings is 3. The minimum absolute atomic E-state index is 0.0474. The third-order valence-corrected chi connectivity index (χ3v) is 5.50. The van der Waals surface area contributed by atoms with E-state index >= 15 is 0 Å². The van der Waals surface area contributed by atoms with Crippen LogP contribution in [0, 0.1) is 0 Å². The molecule has 0 aliphatic heterocycles. The molecule has 33 heavy (non-hydrogen) atoms. The molecule has 0 unspecified atom stereocenters. The van der Waals surface area contributed by atoms with Gasteiger partial charge < -0.3 is 14.8 Å². The van der Waals surface area contributed by atoms with E-state index in [0.717, 1.165) is 11.1 Å². The van der Waals surface area contributed by atoms with Crippen LogP contribution in [0.4, 0.5) is 0 Å². The summed E-state index contributed by atoms with van der Waals surface area (Å²) in [5, 5.41) is 2.69. The summed E-state index contributed by atoms with van der Waals surface area (Å²) in [6.07, 6.45) is 0.00557. The smallest absolute Gasteiger partial charge is 0.328 e. The highest BCUT2D eigenvalue weighted by molar-refractivity contribution is 9.10. The second-order valence-electron chi connectivity index (χ2n) is 7.28. The number of amides is 1. The third kappa shape index (κ3) is 7.88.